The largest absolute Gasteiger partial charge is 0.474 e. The maximum atomic E-state index is 13.1. The van der Waals surface area contributed by atoms with Crippen LogP contribution in [-0.2, 0) is 6.18 Å². The topological polar surface area (TPSA) is 38.2 Å². The van der Waals surface area contributed by atoms with Crippen LogP contribution in [-0.4, -0.2) is 22.6 Å². The standard InChI is InChI=1S/C16H17BrF3N3O/c1-4-23(12-7-5-6-11(17)8-12)15-21-9-13(16(18,19)20)14(22-15)24-10(2)3/h5-10H,4H2,1-3H3. The fourth-order valence-corrected chi connectivity index (χ4v) is 2.47. The SMILES string of the molecule is CCN(c1cccc(Br)c1)c1ncc(C(F)(F)F)c(OC(C)C)n1. The van der Waals surface area contributed by atoms with Crippen molar-refractivity contribution in [1.29, 1.82) is 0 Å². The van der Waals surface area contributed by atoms with E-state index in [0.717, 1.165) is 16.4 Å². The van der Waals surface area contributed by atoms with Gasteiger partial charge in [0.05, 0.1) is 6.10 Å². The molecule has 0 radical (unpaired) electrons. The number of ether oxygens (including phenoxy) is 1. The number of nitrogens with zero attached hydrogens (tertiary/aromatic N) is 3. The minimum atomic E-state index is -4.57. The van der Waals surface area contributed by atoms with Gasteiger partial charge in [-0.25, -0.2) is 4.98 Å². The van der Waals surface area contributed by atoms with Crippen molar-refractivity contribution in [3.8, 4) is 5.88 Å². The summed E-state index contributed by atoms with van der Waals surface area (Å²) in [6, 6.07) is 7.36. The van der Waals surface area contributed by atoms with Crippen LogP contribution in [0.3, 0.4) is 0 Å². The van der Waals surface area contributed by atoms with Crippen molar-refractivity contribution < 1.29 is 17.9 Å². The summed E-state index contributed by atoms with van der Waals surface area (Å²) >= 11 is 3.38. The first-order valence-electron chi connectivity index (χ1n) is 7.36. The zero-order chi connectivity index (χ0) is 17.9. The number of anilines is 2. The zero-order valence-electron chi connectivity index (χ0n) is 13.4. The van der Waals surface area contributed by atoms with Crippen molar-refractivity contribution in [1.82, 2.24) is 9.97 Å². The average Bonchev–Trinajstić information content (AvgIpc) is 2.46. The van der Waals surface area contributed by atoms with E-state index in [0.29, 0.717) is 6.54 Å². The number of rotatable bonds is 5. The molecule has 0 spiro atoms. The van der Waals surface area contributed by atoms with Gasteiger partial charge in [0.25, 0.3) is 0 Å². The van der Waals surface area contributed by atoms with Gasteiger partial charge in [0, 0.05) is 22.9 Å². The highest BCUT2D eigenvalue weighted by Gasteiger charge is 2.37. The molecule has 0 saturated carbocycles. The Balaban J connectivity index is 2.49. The summed E-state index contributed by atoms with van der Waals surface area (Å²) in [5, 5.41) is 0. The number of benzene rings is 1. The molecule has 24 heavy (non-hydrogen) atoms. The van der Waals surface area contributed by atoms with Gasteiger partial charge in [0.15, 0.2) is 0 Å². The molecule has 0 unspecified atom stereocenters. The molecule has 0 atom stereocenters. The van der Waals surface area contributed by atoms with E-state index >= 15 is 0 Å². The second-order valence-corrected chi connectivity index (χ2v) is 6.19. The second kappa shape index (κ2) is 7.38. The van der Waals surface area contributed by atoms with Crippen molar-refractivity contribution in [2.75, 3.05) is 11.4 Å². The van der Waals surface area contributed by atoms with E-state index in [2.05, 4.69) is 25.9 Å². The molecule has 1 aromatic heterocycles. The van der Waals surface area contributed by atoms with Crippen LogP contribution in [0.1, 0.15) is 26.3 Å². The van der Waals surface area contributed by atoms with Crippen molar-refractivity contribution in [2.45, 2.75) is 33.1 Å². The van der Waals surface area contributed by atoms with Gasteiger partial charge < -0.3 is 9.64 Å². The van der Waals surface area contributed by atoms with Crippen LogP contribution in [0.5, 0.6) is 5.88 Å². The molecule has 0 N–H and O–H groups in total. The van der Waals surface area contributed by atoms with Gasteiger partial charge >= 0.3 is 6.18 Å². The molecule has 8 heteroatoms. The fourth-order valence-electron chi connectivity index (χ4n) is 2.08. The highest BCUT2D eigenvalue weighted by Crippen LogP contribution is 2.36. The van der Waals surface area contributed by atoms with Crippen LogP contribution in [0.2, 0.25) is 0 Å². The van der Waals surface area contributed by atoms with Crippen molar-refractivity contribution in [3.05, 3.63) is 40.5 Å². The molecule has 4 nitrogen and oxygen atoms in total. The first kappa shape index (κ1) is 18.5. The smallest absolute Gasteiger partial charge is 0.423 e. The highest BCUT2D eigenvalue weighted by atomic mass is 79.9. The number of aromatic nitrogens is 2. The van der Waals surface area contributed by atoms with Crippen molar-refractivity contribution >= 4 is 27.6 Å². The minimum absolute atomic E-state index is 0.152. The summed E-state index contributed by atoms with van der Waals surface area (Å²) in [7, 11) is 0. The van der Waals surface area contributed by atoms with E-state index < -0.39 is 23.7 Å². The van der Waals surface area contributed by atoms with Crippen LogP contribution in [0.15, 0.2) is 34.9 Å². The van der Waals surface area contributed by atoms with Crippen LogP contribution < -0.4 is 9.64 Å². The predicted octanol–water partition coefficient (Wildman–Crippen LogP) is 5.20. The lowest BCUT2D eigenvalue weighted by atomic mass is 10.3. The molecular weight excluding hydrogens is 387 g/mol. The van der Waals surface area contributed by atoms with Crippen LogP contribution >= 0.6 is 15.9 Å². The monoisotopic (exact) mass is 403 g/mol. The Morgan fingerprint density at radius 2 is 2.00 bits per heavy atom. The summed E-state index contributed by atoms with van der Waals surface area (Å²) in [5.74, 6) is -0.310. The molecule has 0 fully saturated rings. The summed E-state index contributed by atoms with van der Waals surface area (Å²) in [5.41, 5.74) is -0.215. The van der Waals surface area contributed by atoms with Gasteiger partial charge in [-0.15, -0.1) is 0 Å². The molecule has 0 saturated heterocycles. The molecule has 0 aliphatic rings. The van der Waals surface area contributed by atoms with E-state index in [1.807, 2.05) is 31.2 Å². The van der Waals surface area contributed by atoms with E-state index in [1.54, 1.807) is 18.7 Å². The predicted molar refractivity (Wildman–Crippen MR) is 89.6 cm³/mol. The third-order valence-corrected chi connectivity index (χ3v) is 3.56. The van der Waals surface area contributed by atoms with Gasteiger partial charge in [0.2, 0.25) is 11.8 Å². The normalized spacial score (nSPS) is 11.7. The lowest BCUT2D eigenvalue weighted by molar-refractivity contribution is -0.139. The summed E-state index contributed by atoms with van der Waals surface area (Å²) in [6.07, 6.45) is -4.24. The summed E-state index contributed by atoms with van der Waals surface area (Å²) in [4.78, 5) is 9.61. The third kappa shape index (κ3) is 4.37. The number of hydrogen-bond donors (Lipinski definition) is 0. The molecule has 0 aliphatic carbocycles. The Labute approximate surface area is 146 Å². The number of alkyl halides is 3. The van der Waals surface area contributed by atoms with Crippen LogP contribution in [0.4, 0.5) is 24.8 Å². The Morgan fingerprint density at radius 1 is 1.29 bits per heavy atom. The number of hydrogen-bond acceptors (Lipinski definition) is 4. The van der Waals surface area contributed by atoms with Gasteiger partial charge in [-0.05, 0) is 39.0 Å². The zero-order valence-corrected chi connectivity index (χ0v) is 15.0. The number of halogens is 4. The maximum Gasteiger partial charge on any atom is 0.423 e. The Hall–Kier alpha value is -1.83. The van der Waals surface area contributed by atoms with Gasteiger partial charge in [-0.1, -0.05) is 22.0 Å². The van der Waals surface area contributed by atoms with E-state index in [-0.39, 0.29) is 5.95 Å². The molecule has 0 aliphatic heterocycles. The maximum absolute atomic E-state index is 13.1. The van der Waals surface area contributed by atoms with Crippen LogP contribution in [0.25, 0.3) is 0 Å². The molecule has 130 valence electrons. The molecular formula is C16H17BrF3N3O. The van der Waals surface area contributed by atoms with Gasteiger partial charge in [-0.2, -0.15) is 18.2 Å². The highest BCUT2D eigenvalue weighted by molar-refractivity contribution is 9.10. The summed E-state index contributed by atoms with van der Waals surface area (Å²) in [6.45, 7) is 5.65. The molecule has 1 aromatic carbocycles. The minimum Gasteiger partial charge on any atom is -0.474 e. The second-order valence-electron chi connectivity index (χ2n) is 5.28. The van der Waals surface area contributed by atoms with Crippen molar-refractivity contribution in [2.24, 2.45) is 0 Å². The Morgan fingerprint density at radius 3 is 2.54 bits per heavy atom. The Kier molecular flexibility index (Phi) is 5.69. The lowest BCUT2D eigenvalue weighted by Crippen LogP contribution is -2.21. The summed E-state index contributed by atoms with van der Waals surface area (Å²) < 4.78 is 45.4. The van der Waals surface area contributed by atoms with Crippen molar-refractivity contribution in [3.63, 3.8) is 0 Å². The molecule has 0 bridgehead atoms. The molecule has 1 heterocycles. The van der Waals surface area contributed by atoms with E-state index in [9.17, 15) is 13.2 Å². The first-order chi connectivity index (χ1) is 11.2. The van der Waals surface area contributed by atoms with Gasteiger partial charge in [-0.3, -0.25) is 0 Å². The molecule has 2 aromatic rings. The lowest BCUT2D eigenvalue weighted by Gasteiger charge is -2.23. The van der Waals surface area contributed by atoms with E-state index in [4.69, 9.17) is 4.74 Å². The third-order valence-electron chi connectivity index (χ3n) is 3.07. The first-order valence-corrected chi connectivity index (χ1v) is 8.15. The fraction of sp³-hybridized carbons (Fsp3) is 0.375. The van der Waals surface area contributed by atoms with E-state index in [1.165, 1.54) is 0 Å². The quantitative estimate of drug-likeness (QED) is 0.687. The molecule has 0 amide bonds. The van der Waals surface area contributed by atoms with Crippen LogP contribution in [0, 0.1) is 0 Å². The molecule has 2 rings (SSSR count). The Bertz CT molecular complexity index is 707. The average molecular weight is 404 g/mol. The van der Waals surface area contributed by atoms with Gasteiger partial charge in [0.1, 0.15) is 5.56 Å².